The van der Waals surface area contributed by atoms with E-state index >= 15 is 4.39 Å². The van der Waals surface area contributed by atoms with Crippen LogP contribution in [0.4, 0.5) is 4.39 Å². The number of hydrogen-bond acceptors (Lipinski definition) is 3. The van der Waals surface area contributed by atoms with Crippen molar-refractivity contribution in [1.82, 2.24) is 9.97 Å². The fourth-order valence-corrected chi connectivity index (χ4v) is 4.97. The molecule has 0 aliphatic rings. The van der Waals surface area contributed by atoms with Gasteiger partial charge in [0.25, 0.3) is 0 Å². The Kier molecular flexibility index (Phi) is 7.54. The van der Waals surface area contributed by atoms with Crippen LogP contribution in [-0.4, -0.2) is 9.97 Å². The molecule has 0 fully saturated rings. The average molecular weight is 656 g/mol. The minimum absolute atomic E-state index is 0. The van der Waals surface area contributed by atoms with Gasteiger partial charge in [-0.2, -0.15) is 0 Å². The second-order valence-corrected chi connectivity index (χ2v) is 8.81. The number of benzene rings is 3. The molecule has 0 radical (unpaired) electrons. The van der Waals surface area contributed by atoms with E-state index in [0.29, 0.717) is 17.1 Å². The van der Waals surface area contributed by atoms with E-state index in [1.807, 2.05) is 84.9 Å². The van der Waals surface area contributed by atoms with Crippen molar-refractivity contribution < 1.29 is 25.5 Å². The first-order chi connectivity index (χ1) is 16.3. The summed E-state index contributed by atoms with van der Waals surface area (Å²) in [5.74, 6) is 0. The zero-order valence-electron chi connectivity index (χ0n) is 17.8. The molecule has 0 saturated carbocycles. The summed E-state index contributed by atoms with van der Waals surface area (Å²) in [6.07, 6.45) is -1.45. The molecule has 2 nitrogen and oxygen atoms in total. The molecule has 0 amide bonds. The second kappa shape index (κ2) is 10.6. The first-order valence-corrected chi connectivity index (χ1v) is 11.5. The Labute approximate surface area is 222 Å². The van der Waals surface area contributed by atoms with E-state index in [-0.39, 0.29) is 28.5 Å². The van der Waals surface area contributed by atoms with Gasteiger partial charge >= 0.3 is 21.1 Å². The Bertz CT molecular complexity index is 1560. The molecule has 0 spiro atoms. The Morgan fingerprint density at radius 2 is 1.60 bits per heavy atom. The fraction of sp³-hybridized carbons (Fsp3) is 0.0667. The van der Waals surface area contributed by atoms with E-state index in [2.05, 4.69) is 23.2 Å². The average Bonchev–Trinajstić information content (AvgIpc) is 3.33. The van der Waals surface area contributed by atoms with Crippen LogP contribution >= 0.6 is 11.3 Å². The molecule has 0 bridgehead atoms. The van der Waals surface area contributed by atoms with Gasteiger partial charge in [-0.25, -0.2) is 15.7 Å². The maximum absolute atomic E-state index is 15.8. The van der Waals surface area contributed by atoms with Gasteiger partial charge in [-0.05, 0) is 38.2 Å². The Balaban J connectivity index is 0.00000144. The Morgan fingerprint density at radius 3 is 2.43 bits per heavy atom. The number of pyridine rings is 2. The molecule has 5 heteroatoms. The molecule has 6 aromatic rings. The molecule has 0 aliphatic carbocycles. The van der Waals surface area contributed by atoms with E-state index < -0.39 is 6.17 Å². The van der Waals surface area contributed by atoms with Gasteiger partial charge in [0.05, 0.1) is 11.4 Å². The maximum atomic E-state index is 15.8. The van der Waals surface area contributed by atoms with Gasteiger partial charge in [0.2, 0.25) is 0 Å². The van der Waals surface area contributed by atoms with Crippen LogP contribution in [0, 0.1) is 12.1 Å². The van der Waals surface area contributed by atoms with Crippen LogP contribution < -0.4 is 0 Å². The number of aromatic nitrogens is 2. The Morgan fingerprint density at radius 1 is 0.800 bits per heavy atom. The van der Waals surface area contributed by atoms with Crippen molar-refractivity contribution in [2.24, 2.45) is 0 Å². The van der Waals surface area contributed by atoms with E-state index in [0.717, 1.165) is 37.0 Å². The third-order valence-electron chi connectivity index (χ3n) is 5.59. The number of hydrogen-bond donors (Lipinski definition) is 0. The first kappa shape index (κ1) is 24.9. The minimum Gasteiger partial charge on any atom is -0.297 e. The SMILES string of the molecule is C.FC(c1cccc(-c2[c-]c3ccccc3s2)n1)c1cc2ccccc2c(-c2[c-]cccc2)n1.[Pt+2]. The van der Waals surface area contributed by atoms with Crippen LogP contribution in [0.25, 0.3) is 42.7 Å². The Hall–Kier alpha value is -3.20. The van der Waals surface area contributed by atoms with Crippen LogP contribution in [0.5, 0.6) is 0 Å². The summed E-state index contributed by atoms with van der Waals surface area (Å²) in [6, 6.07) is 37.5. The standard InChI is InChI=1S/C29H17FN2S.CH4.Pt/c30-28(24-15-8-14-23(31-24)27-18-21-12-5-7-16-26(21)33-27)25-17-20-11-4-6-13-22(20)29(32-25)19-9-2-1-3-10-19;;/h1-9,11-17,28H;1H4;/q-2;;+2. The van der Waals surface area contributed by atoms with Crippen LogP contribution in [0.2, 0.25) is 0 Å². The number of thiophene rings is 1. The van der Waals surface area contributed by atoms with E-state index in [1.165, 1.54) is 0 Å². The fourth-order valence-electron chi connectivity index (χ4n) is 4.00. The van der Waals surface area contributed by atoms with Crippen LogP contribution in [0.3, 0.4) is 0 Å². The van der Waals surface area contributed by atoms with Gasteiger partial charge in [-0.15, -0.1) is 59.5 Å². The normalized spacial score (nSPS) is 11.6. The van der Waals surface area contributed by atoms with Crippen molar-refractivity contribution >= 4 is 32.2 Å². The number of alkyl halides is 1. The second-order valence-electron chi connectivity index (χ2n) is 7.76. The summed E-state index contributed by atoms with van der Waals surface area (Å²) >= 11 is 1.61. The number of fused-ring (bicyclic) bond motifs is 2. The third kappa shape index (κ3) is 4.82. The zero-order valence-corrected chi connectivity index (χ0v) is 20.9. The summed E-state index contributed by atoms with van der Waals surface area (Å²) in [6.45, 7) is 0. The van der Waals surface area contributed by atoms with Crippen LogP contribution in [0.1, 0.15) is 25.0 Å². The molecular weight excluding hydrogens is 634 g/mol. The molecule has 3 aromatic heterocycles. The molecule has 35 heavy (non-hydrogen) atoms. The van der Waals surface area contributed by atoms with Gasteiger partial charge in [0, 0.05) is 5.69 Å². The van der Waals surface area contributed by atoms with Crippen molar-refractivity contribution in [3.63, 3.8) is 0 Å². The topological polar surface area (TPSA) is 25.8 Å². The van der Waals surface area contributed by atoms with Crippen molar-refractivity contribution in [3.05, 3.63) is 121 Å². The van der Waals surface area contributed by atoms with Crippen molar-refractivity contribution in [1.29, 1.82) is 0 Å². The molecule has 0 saturated heterocycles. The van der Waals surface area contributed by atoms with Crippen molar-refractivity contribution in [2.75, 3.05) is 0 Å². The zero-order chi connectivity index (χ0) is 22.2. The number of rotatable bonds is 4. The summed E-state index contributed by atoms with van der Waals surface area (Å²) < 4.78 is 17.0. The number of halogens is 1. The minimum atomic E-state index is -1.45. The molecule has 0 N–H and O–H groups in total. The van der Waals surface area contributed by atoms with Gasteiger partial charge in [0.1, 0.15) is 0 Å². The van der Waals surface area contributed by atoms with Gasteiger partial charge in [0.15, 0.2) is 6.17 Å². The van der Waals surface area contributed by atoms with Crippen LogP contribution in [-0.2, 0) is 21.1 Å². The van der Waals surface area contributed by atoms with Crippen LogP contribution in [0.15, 0.2) is 97.1 Å². The van der Waals surface area contributed by atoms with Crippen molar-refractivity contribution in [3.8, 4) is 21.8 Å². The third-order valence-corrected chi connectivity index (χ3v) is 6.69. The molecule has 3 aromatic carbocycles. The predicted octanol–water partition coefficient (Wildman–Crippen LogP) is 8.47. The van der Waals surface area contributed by atoms with Gasteiger partial charge < -0.3 is 0 Å². The van der Waals surface area contributed by atoms with Gasteiger partial charge in [-0.1, -0.05) is 56.0 Å². The van der Waals surface area contributed by atoms with E-state index in [4.69, 9.17) is 4.98 Å². The van der Waals surface area contributed by atoms with E-state index in [1.54, 1.807) is 17.4 Å². The van der Waals surface area contributed by atoms with Crippen molar-refractivity contribution in [2.45, 2.75) is 13.6 Å². The quantitative estimate of drug-likeness (QED) is 0.178. The molecule has 1 atom stereocenters. The molecular formula is C30H21FN2PtS. The molecule has 6 rings (SSSR count). The van der Waals surface area contributed by atoms with Gasteiger partial charge in [-0.3, -0.25) is 9.97 Å². The predicted molar refractivity (Wildman–Crippen MR) is 140 cm³/mol. The van der Waals surface area contributed by atoms with E-state index in [9.17, 15) is 0 Å². The monoisotopic (exact) mass is 655 g/mol. The summed E-state index contributed by atoms with van der Waals surface area (Å²) in [4.78, 5) is 10.3. The summed E-state index contributed by atoms with van der Waals surface area (Å²) in [7, 11) is 0. The molecule has 3 heterocycles. The molecule has 0 aliphatic heterocycles. The largest absolute Gasteiger partial charge is 2.00 e. The molecule has 174 valence electrons. The first-order valence-electron chi connectivity index (χ1n) is 10.7. The summed E-state index contributed by atoms with van der Waals surface area (Å²) in [5.41, 5.74) is 2.95. The number of nitrogens with zero attached hydrogens (tertiary/aromatic N) is 2. The summed E-state index contributed by atoms with van der Waals surface area (Å²) in [5, 5.41) is 2.95. The molecule has 1 unspecified atom stereocenters. The maximum Gasteiger partial charge on any atom is 2.00 e. The smallest absolute Gasteiger partial charge is 0.297 e.